The van der Waals surface area contributed by atoms with Crippen molar-refractivity contribution in [1.82, 2.24) is 0 Å². The number of phenolic OH excluding ortho intramolecular Hbond substituents is 1. The summed E-state index contributed by atoms with van der Waals surface area (Å²) < 4.78 is 5.67. The molecule has 3 aromatic carbocycles. The summed E-state index contributed by atoms with van der Waals surface area (Å²) in [7, 11) is 0. The lowest BCUT2D eigenvalue weighted by molar-refractivity contribution is -0.134. The molecule has 0 radical (unpaired) electrons. The zero-order valence-corrected chi connectivity index (χ0v) is 20.3. The van der Waals surface area contributed by atoms with Crippen LogP contribution in [0.3, 0.4) is 0 Å². The summed E-state index contributed by atoms with van der Waals surface area (Å²) in [6.45, 7) is 2.27. The quantitative estimate of drug-likeness (QED) is 0.109. The van der Waals surface area contributed by atoms with Crippen molar-refractivity contribution in [3.05, 3.63) is 48.5 Å². The van der Waals surface area contributed by atoms with Gasteiger partial charge in [-0.25, -0.2) is 0 Å². The standard InChI is InChI=1S/C30H40O3/c1-2-3-4-5-6-7-8-9-10-11-12-13-14-19-30(32)33-29-23-27(31)21-26-20-24-17-15-16-18-25(24)22-28(26)29/h15-18,20-23,31H,2-14,19H2,1H3. The van der Waals surface area contributed by atoms with Crippen LogP contribution in [0, 0.1) is 0 Å². The van der Waals surface area contributed by atoms with E-state index in [4.69, 9.17) is 4.74 Å². The molecule has 0 saturated carbocycles. The molecule has 33 heavy (non-hydrogen) atoms. The predicted octanol–water partition coefficient (Wildman–Crippen LogP) is 9.09. The molecule has 0 aromatic heterocycles. The van der Waals surface area contributed by atoms with Crippen molar-refractivity contribution in [3.8, 4) is 11.5 Å². The number of carbonyl (C=O) groups excluding carboxylic acids is 1. The van der Waals surface area contributed by atoms with Crippen LogP contribution in [0.5, 0.6) is 11.5 Å². The first-order chi connectivity index (χ1) is 16.2. The number of carbonyl (C=O) groups is 1. The van der Waals surface area contributed by atoms with Gasteiger partial charge in [-0.2, -0.15) is 0 Å². The maximum atomic E-state index is 12.4. The zero-order chi connectivity index (χ0) is 23.3. The van der Waals surface area contributed by atoms with Crippen LogP contribution < -0.4 is 4.74 Å². The van der Waals surface area contributed by atoms with E-state index in [1.165, 1.54) is 70.6 Å². The van der Waals surface area contributed by atoms with Gasteiger partial charge in [-0.15, -0.1) is 0 Å². The van der Waals surface area contributed by atoms with Crippen molar-refractivity contribution >= 4 is 27.5 Å². The summed E-state index contributed by atoms with van der Waals surface area (Å²) >= 11 is 0. The summed E-state index contributed by atoms with van der Waals surface area (Å²) in [5.74, 6) is 0.329. The summed E-state index contributed by atoms with van der Waals surface area (Å²) in [4.78, 5) is 12.4. The predicted molar refractivity (Wildman–Crippen MR) is 139 cm³/mol. The Morgan fingerprint density at radius 3 is 1.85 bits per heavy atom. The molecular formula is C30H40O3. The van der Waals surface area contributed by atoms with E-state index in [1.807, 2.05) is 36.4 Å². The first kappa shape index (κ1) is 25.1. The van der Waals surface area contributed by atoms with Crippen molar-refractivity contribution in [2.45, 2.75) is 96.8 Å². The average Bonchev–Trinajstić information content (AvgIpc) is 2.81. The number of ether oxygens (including phenoxy) is 1. The fraction of sp³-hybridized carbons (Fsp3) is 0.500. The van der Waals surface area contributed by atoms with Crippen molar-refractivity contribution in [2.75, 3.05) is 0 Å². The number of hydrogen-bond acceptors (Lipinski definition) is 3. The highest BCUT2D eigenvalue weighted by Gasteiger charge is 2.11. The van der Waals surface area contributed by atoms with Gasteiger partial charge in [0.2, 0.25) is 0 Å². The minimum Gasteiger partial charge on any atom is -0.508 e. The Morgan fingerprint density at radius 1 is 0.697 bits per heavy atom. The van der Waals surface area contributed by atoms with Crippen LogP contribution >= 0.6 is 0 Å². The van der Waals surface area contributed by atoms with Gasteiger partial charge in [-0.05, 0) is 40.8 Å². The maximum absolute atomic E-state index is 12.4. The number of benzene rings is 3. The second-order valence-corrected chi connectivity index (χ2v) is 9.33. The van der Waals surface area contributed by atoms with Crippen LogP contribution in [0.15, 0.2) is 48.5 Å². The Labute approximate surface area is 199 Å². The first-order valence-electron chi connectivity index (χ1n) is 13.0. The maximum Gasteiger partial charge on any atom is 0.311 e. The smallest absolute Gasteiger partial charge is 0.311 e. The molecule has 0 heterocycles. The molecule has 0 bridgehead atoms. The molecule has 0 aliphatic carbocycles. The van der Waals surface area contributed by atoms with Crippen LogP contribution in [0.4, 0.5) is 0 Å². The molecule has 0 aliphatic heterocycles. The Morgan fingerprint density at radius 2 is 1.24 bits per heavy atom. The monoisotopic (exact) mass is 448 g/mol. The fourth-order valence-corrected chi connectivity index (χ4v) is 4.55. The second kappa shape index (κ2) is 13.9. The van der Waals surface area contributed by atoms with Crippen molar-refractivity contribution < 1.29 is 14.6 Å². The Kier molecular flexibility index (Phi) is 10.5. The third-order valence-electron chi connectivity index (χ3n) is 6.47. The number of esters is 1. The Balaban J connectivity index is 1.34. The number of aromatic hydroxyl groups is 1. The molecule has 0 amide bonds. The van der Waals surface area contributed by atoms with E-state index >= 15 is 0 Å². The SMILES string of the molecule is CCCCCCCCCCCCCCCC(=O)Oc1cc(O)cc2cc3ccccc3cc12. The van der Waals surface area contributed by atoms with Gasteiger partial charge in [-0.1, -0.05) is 108 Å². The van der Waals surface area contributed by atoms with Gasteiger partial charge in [0, 0.05) is 17.9 Å². The topological polar surface area (TPSA) is 46.5 Å². The van der Waals surface area contributed by atoms with Crippen molar-refractivity contribution in [2.24, 2.45) is 0 Å². The Bertz CT molecular complexity index is 1010. The van der Waals surface area contributed by atoms with E-state index < -0.39 is 0 Å². The highest BCUT2D eigenvalue weighted by molar-refractivity contribution is 6.02. The van der Waals surface area contributed by atoms with Gasteiger partial charge in [0.05, 0.1) is 0 Å². The molecule has 0 aliphatic rings. The van der Waals surface area contributed by atoms with E-state index in [9.17, 15) is 9.90 Å². The fourth-order valence-electron chi connectivity index (χ4n) is 4.55. The van der Waals surface area contributed by atoms with Crippen molar-refractivity contribution in [3.63, 3.8) is 0 Å². The lowest BCUT2D eigenvalue weighted by Crippen LogP contribution is -2.07. The Hall–Kier alpha value is -2.55. The molecule has 178 valence electrons. The number of hydrogen-bond donors (Lipinski definition) is 1. The third-order valence-corrected chi connectivity index (χ3v) is 6.47. The lowest BCUT2D eigenvalue weighted by atomic mass is 10.0. The zero-order valence-electron chi connectivity index (χ0n) is 20.3. The molecule has 0 atom stereocenters. The minimum absolute atomic E-state index is 0.113. The van der Waals surface area contributed by atoms with E-state index in [2.05, 4.69) is 6.92 Å². The highest BCUT2D eigenvalue weighted by Crippen LogP contribution is 2.34. The molecule has 0 unspecified atom stereocenters. The van der Waals surface area contributed by atoms with E-state index in [-0.39, 0.29) is 11.7 Å². The highest BCUT2D eigenvalue weighted by atomic mass is 16.5. The van der Waals surface area contributed by atoms with Gasteiger partial charge < -0.3 is 9.84 Å². The molecule has 1 N–H and O–H groups in total. The van der Waals surface area contributed by atoms with Gasteiger partial charge >= 0.3 is 5.97 Å². The molecule has 3 aromatic rings. The second-order valence-electron chi connectivity index (χ2n) is 9.33. The molecule has 0 fully saturated rings. The van der Waals surface area contributed by atoms with Crippen molar-refractivity contribution in [1.29, 1.82) is 0 Å². The minimum atomic E-state index is -0.224. The third kappa shape index (κ3) is 8.38. The van der Waals surface area contributed by atoms with Crippen LogP contribution in [0.2, 0.25) is 0 Å². The first-order valence-corrected chi connectivity index (χ1v) is 13.0. The van der Waals surface area contributed by atoms with Crippen LogP contribution in [0.25, 0.3) is 21.5 Å². The van der Waals surface area contributed by atoms with Gasteiger partial charge in [-0.3, -0.25) is 4.79 Å². The number of fused-ring (bicyclic) bond motifs is 2. The number of unbranched alkanes of at least 4 members (excludes halogenated alkanes) is 12. The number of phenols is 1. The van der Waals surface area contributed by atoms with E-state index in [0.717, 1.165) is 34.4 Å². The summed E-state index contributed by atoms with van der Waals surface area (Å²) in [6.07, 6.45) is 17.1. The average molecular weight is 449 g/mol. The van der Waals surface area contributed by atoms with Gasteiger partial charge in [0.1, 0.15) is 11.5 Å². The van der Waals surface area contributed by atoms with Gasteiger partial charge in [0.25, 0.3) is 0 Å². The van der Waals surface area contributed by atoms with Gasteiger partial charge in [0.15, 0.2) is 0 Å². The molecule has 3 nitrogen and oxygen atoms in total. The van der Waals surface area contributed by atoms with Crippen LogP contribution in [-0.2, 0) is 4.79 Å². The molecule has 3 rings (SSSR count). The lowest BCUT2D eigenvalue weighted by Gasteiger charge is -2.10. The van der Waals surface area contributed by atoms with Crippen LogP contribution in [0.1, 0.15) is 96.8 Å². The summed E-state index contributed by atoms with van der Waals surface area (Å²) in [5, 5.41) is 14.0. The number of rotatable bonds is 15. The molecule has 0 saturated heterocycles. The van der Waals surface area contributed by atoms with E-state index in [1.54, 1.807) is 12.1 Å². The van der Waals surface area contributed by atoms with E-state index in [0.29, 0.717) is 12.2 Å². The molecule has 0 spiro atoms. The normalized spacial score (nSPS) is 11.3. The summed E-state index contributed by atoms with van der Waals surface area (Å²) in [6, 6.07) is 15.4. The summed E-state index contributed by atoms with van der Waals surface area (Å²) in [5.41, 5.74) is 0. The van der Waals surface area contributed by atoms with Crippen LogP contribution in [-0.4, -0.2) is 11.1 Å². The molecule has 3 heteroatoms. The largest absolute Gasteiger partial charge is 0.508 e. The molecular weight excluding hydrogens is 408 g/mol.